The largest absolute Gasteiger partial charge is 0.465 e. The molecule has 0 saturated carbocycles. The van der Waals surface area contributed by atoms with Crippen LogP contribution < -0.4 is 0 Å². The number of ether oxygens (including phenoxy) is 2. The Hall–Kier alpha value is -2.48. The van der Waals surface area contributed by atoms with E-state index in [1.165, 1.54) is 31.2 Å². The summed E-state index contributed by atoms with van der Waals surface area (Å²) >= 11 is 0. The van der Waals surface area contributed by atoms with E-state index in [0.717, 1.165) is 13.2 Å². The Labute approximate surface area is 159 Å². The molecule has 1 aromatic rings. The Morgan fingerprint density at radius 3 is 2.19 bits per heavy atom. The van der Waals surface area contributed by atoms with Crippen LogP contribution in [-0.4, -0.2) is 32.7 Å². The van der Waals surface area contributed by atoms with Gasteiger partial charge in [-0.2, -0.15) is 0 Å². The molecule has 7 nitrogen and oxygen atoms in total. The van der Waals surface area contributed by atoms with Crippen molar-refractivity contribution in [1.29, 1.82) is 0 Å². The SMILES string of the molecule is CCOC(=O)C(C)(C/C(=C\OC(C)=O)S(=O)(=O)c1ccccc1)C(=O)CC. The monoisotopic (exact) mass is 396 g/mol. The summed E-state index contributed by atoms with van der Waals surface area (Å²) in [6.07, 6.45) is 0.315. The van der Waals surface area contributed by atoms with E-state index in [1.807, 2.05) is 0 Å². The molecule has 1 unspecified atom stereocenters. The number of carbonyl (C=O) groups is 3. The Kier molecular flexibility index (Phi) is 7.90. The third kappa shape index (κ3) is 5.50. The summed E-state index contributed by atoms with van der Waals surface area (Å²) in [6.45, 7) is 5.65. The smallest absolute Gasteiger partial charge is 0.319 e. The lowest BCUT2D eigenvalue weighted by atomic mass is 9.81. The minimum atomic E-state index is -4.10. The van der Waals surface area contributed by atoms with E-state index in [2.05, 4.69) is 0 Å². The average molecular weight is 396 g/mol. The summed E-state index contributed by atoms with van der Waals surface area (Å²) in [6, 6.07) is 7.48. The second-order valence-corrected chi connectivity index (χ2v) is 8.02. The lowest BCUT2D eigenvalue weighted by Gasteiger charge is -2.26. The summed E-state index contributed by atoms with van der Waals surface area (Å²) < 4.78 is 35.7. The van der Waals surface area contributed by atoms with Gasteiger partial charge in [-0.3, -0.25) is 14.4 Å². The first-order chi connectivity index (χ1) is 12.6. The fourth-order valence-electron chi connectivity index (χ4n) is 2.41. The minimum absolute atomic E-state index is 0.0154. The number of allylic oxidation sites excluding steroid dienone is 1. The molecule has 0 saturated heterocycles. The molecule has 1 aromatic carbocycles. The Balaban J connectivity index is 3.47. The predicted molar refractivity (Wildman–Crippen MR) is 98.1 cm³/mol. The molecule has 1 rings (SSSR count). The summed E-state index contributed by atoms with van der Waals surface area (Å²) in [5.41, 5.74) is -1.72. The van der Waals surface area contributed by atoms with Gasteiger partial charge in [0.15, 0.2) is 0 Å². The van der Waals surface area contributed by atoms with Crippen molar-refractivity contribution in [3.63, 3.8) is 0 Å². The first-order valence-electron chi connectivity index (χ1n) is 8.46. The number of hydrogen-bond donors (Lipinski definition) is 0. The zero-order chi connectivity index (χ0) is 20.7. The van der Waals surface area contributed by atoms with Gasteiger partial charge in [0, 0.05) is 19.8 Å². The lowest BCUT2D eigenvalue weighted by Crippen LogP contribution is -2.39. The molecule has 0 bridgehead atoms. The second-order valence-electron chi connectivity index (χ2n) is 6.02. The van der Waals surface area contributed by atoms with Crippen LogP contribution in [0.15, 0.2) is 46.4 Å². The van der Waals surface area contributed by atoms with Crippen LogP contribution in [0.3, 0.4) is 0 Å². The first kappa shape index (κ1) is 22.6. The molecule has 148 valence electrons. The highest BCUT2D eigenvalue weighted by atomic mass is 32.2. The molecule has 0 aliphatic heterocycles. The number of sulfone groups is 1. The van der Waals surface area contributed by atoms with Gasteiger partial charge < -0.3 is 9.47 Å². The van der Waals surface area contributed by atoms with Crippen molar-refractivity contribution in [3.05, 3.63) is 41.5 Å². The van der Waals surface area contributed by atoms with Crippen molar-refractivity contribution >= 4 is 27.6 Å². The molecule has 27 heavy (non-hydrogen) atoms. The molecule has 0 aromatic heterocycles. The molecular formula is C19H24O7S. The summed E-state index contributed by atoms with van der Waals surface area (Å²) in [5.74, 6) is -2.03. The molecule has 0 N–H and O–H groups in total. The second kappa shape index (κ2) is 9.45. The highest BCUT2D eigenvalue weighted by molar-refractivity contribution is 7.95. The van der Waals surface area contributed by atoms with Crippen LogP contribution in [-0.2, 0) is 33.7 Å². The van der Waals surface area contributed by atoms with Gasteiger partial charge in [0.2, 0.25) is 9.84 Å². The first-order valence-corrected chi connectivity index (χ1v) is 9.94. The van der Waals surface area contributed by atoms with Crippen molar-refractivity contribution in [1.82, 2.24) is 0 Å². The van der Waals surface area contributed by atoms with Gasteiger partial charge in [0.25, 0.3) is 0 Å². The molecule has 0 radical (unpaired) electrons. The van der Waals surface area contributed by atoms with Crippen molar-refractivity contribution in [2.24, 2.45) is 5.41 Å². The van der Waals surface area contributed by atoms with Crippen LogP contribution in [0.25, 0.3) is 0 Å². The van der Waals surface area contributed by atoms with Crippen LogP contribution in [0, 0.1) is 5.41 Å². The summed E-state index contributed by atoms with van der Waals surface area (Å²) in [4.78, 5) is 35.7. The van der Waals surface area contributed by atoms with Crippen LogP contribution in [0.1, 0.15) is 40.5 Å². The Bertz CT molecular complexity index is 825. The molecule has 1 atom stereocenters. The van der Waals surface area contributed by atoms with Crippen LogP contribution in [0.2, 0.25) is 0 Å². The fraction of sp³-hybridized carbons (Fsp3) is 0.421. The molecular weight excluding hydrogens is 372 g/mol. The van der Waals surface area contributed by atoms with E-state index in [1.54, 1.807) is 19.9 Å². The van der Waals surface area contributed by atoms with Crippen molar-refractivity contribution < 1.29 is 32.3 Å². The van der Waals surface area contributed by atoms with Gasteiger partial charge in [-0.25, -0.2) is 8.42 Å². The Morgan fingerprint density at radius 2 is 1.70 bits per heavy atom. The van der Waals surface area contributed by atoms with E-state index >= 15 is 0 Å². The number of carbonyl (C=O) groups excluding carboxylic acids is 3. The maximum atomic E-state index is 13.0. The number of ketones is 1. The predicted octanol–water partition coefficient (Wildman–Crippen LogP) is 2.80. The third-order valence-corrected chi connectivity index (χ3v) is 5.77. The van der Waals surface area contributed by atoms with E-state index in [9.17, 15) is 22.8 Å². The van der Waals surface area contributed by atoms with E-state index in [-0.39, 0.29) is 22.8 Å². The number of Topliss-reactive ketones (excluding diaryl/α,β-unsaturated/α-hetero) is 1. The summed E-state index contributed by atoms with van der Waals surface area (Å²) in [5, 5.41) is 0. The standard InChI is InChI=1S/C19H24O7S/c1-5-17(21)19(4,18(22)25-6-2)12-16(13-26-14(3)20)27(23,24)15-10-8-7-9-11-15/h7-11,13H,5-6,12H2,1-4H3/b16-13+. The zero-order valence-electron chi connectivity index (χ0n) is 15.9. The maximum absolute atomic E-state index is 13.0. The minimum Gasteiger partial charge on any atom is -0.465 e. The highest BCUT2D eigenvalue weighted by Gasteiger charge is 2.44. The van der Waals surface area contributed by atoms with Crippen molar-refractivity contribution in [2.45, 2.75) is 45.4 Å². The quantitative estimate of drug-likeness (QED) is 0.359. The van der Waals surface area contributed by atoms with Crippen LogP contribution >= 0.6 is 0 Å². The number of hydrogen-bond acceptors (Lipinski definition) is 7. The van der Waals surface area contributed by atoms with Crippen molar-refractivity contribution in [3.8, 4) is 0 Å². The molecule has 8 heteroatoms. The van der Waals surface area contributed by atoms with E-state index in [0.29, 0.717) is 0 Å². The lowest BCUT2D eigenvalue weighted by molar-refractivity contribution is -0.158. The van der Waals surface area contributed by atoms with Gasteiger partial charge in [0.1, 0.15) is 17.5 Å². The Morgan fingerprint density at radius 1 is 1.11 bits per heavy atom. The molecule has 0 amide bonds. The van der Waals surface area contributed by atoms with Gasteiger partial charge in [0.05, 0.1) is 16.4 Å². The molecule has 0 heterocycles. The summed E-state index contributed by atoms with van der Waals surface area (Å²) in [7, 11) is -4.10. The van der Waals surface area contributed by atoms with E-state index < -0.39 is 39.4 Å². The molecule has 0 aliphatic carbocycles. The fourth-order valence-corrected chi connectivity index (χ4v) is 3.89. The van der Waals surface area contributed by atoms with Gasteiger partial charge in [-0.05, 0) is 26.0 Å². The average Bonchev–Trinajstić information content (AvgIpc) is 2.64. The van der Waals surface area contributed by atoms with Crippen LogP contribution in [0.5, 0.6) is 0 Å². The molecule has 0 spiro atoms. The van der Waals surface area contributed by atoms with E-state index in [4.69, 9.17) is 9.47 Å². The number of benzene rings is 1. The topological polar surface area (TPSA) is 104 Å². The van der Waals surface area contributed by atoms with Crippen molar-refractivity contribution in [2.75, 3.05) is 6.61 Å². The number of rotatable bonds is 9. The highest BCUT2D eigenvalue weighted by Crippen LogP contribution is 2.35. The molecule has 0 aliphatic rings. The number of esters is 2. The van der Waals surface area contributed by atoms with Gasteiger partial charge in [-0.1, -0.05) is 25.1 Å². The van der Waals surface area contributed by atoms with Gasteiger partial charge in [-0.15, -0.1) is 0 Å². The maximum Gasteiger partial charge on any atom is 0.319 e. The zero-order valence-corrected chi connectivity index (χ0v) is 16.7. The van der Waals surface area contributed by atoms with Crippen LogP contribution in [0.4, 0.5) is 0 Å². The third-order valence-electron chi connectivity index (χ3n) is 3.95. The molecule has 0 fully saturated rings. The normalized spacial score (nSPS) is 14.1. The van der Waals surface area contributed by atoms with Gasteiger partial charge >= 0.3 is 11.9 Å².